The van der Waals surface area contributed by atoms with Gasteiger partial charge in [0.1, 0.15) is 0 Å². The van der Waals surface area contributed by atoms with Gasteiger partial charge in [-0.3, -0.25) is 4.79 Å². The highest BCUT2D eigenvalue weighted by Crippen LogP contribution is 2.17. The lowest BCUT2D eigenvalue weighted by Gasteiger charge is -2.17. The molecule has 0 aliphatic heterocycles. The van der Waals surface area contributed by atoms with Gasteiger partial charge in [-0.25, -0.2) is 0 Å². The second kappa shape index (κ2) is 5.89. The predicted octanol–water partition coefficient (Wildman–Crippen LogP) is 2.73. The summed E-state index contributed by atoms with van der Waals surface area (Å²) in [6.07, 6.45) is 0.500. The first-order chi connectivity index (χ1) is 7.49. The highest BCUT2D eigenvalue weighted by atomic mass is 79.9. The van der Waals surface area contributed by atoms with Gasteiger partial charge in [0.05, 0.1) is 0 Å². The number of benzene rings is 1. The molecule has 1 amide bonds. The van der Waals surface area contributed by atoms with Crippen LogP contribution < -0.4 is 5.32 Å². The van der Waals surface area contributed by atoms with Crippen molar-refractivity contribution in [2.75, 3.05) is 19.4 Å². The van der Waals surface area contributed by atoms with Crippen LogP contribution in [0, 0.1) is 0 Å². The van der Waals surface area contributed by atoms with Crippen LogP contribution in [0.5, 0.6) is 0 Å². The van der Waals surface area contributed by atoms with E-state index in [2.05, 4.69) is 21.2 Å². The Morgan fingerprint density at radius 2 is 2.19 bits per heavy atom. The third-order valence-electron chi connectivity index (χ3n) is 2.22. The number of halogens is 1. The Morgan fingerprint density at radius 1 is 1.50 bits per heavy atom. The van der Waals surface area contributed by atoms with E-state index in [0.29, 0.717) is 6.42 Å². The summed E-state index contributed by atoms with van der Waals surface area (Å²) in [6, 6.07) is 8.05. The molecule has 0 spiro atoms. The smallest absolute Gasteiger partial charge is 0.224 e. The molecule has 88 valence electrons. The molecule has 1 atom stereocenters. The second-order valence-electron chi connectivity index (χ2n) is 4.05. The Hall–Kier alpha value is -1.03. The first-order valence-electron chi connectivity index (χ1n) is 5.21. The van der Waals surface area contributed by atoms with Crippen molar-refractivity contribution in [3.05, 3.63) is 28.7 Å². The average Bonchev–Trinajstić information content (AvgIpc) is 2.16. The third-order valence-corrected chi connectivity index (χ3v) is 2.71. The molecule has 1 aromatic carbocycles. The average molecular weight is 285 g/mol. The number of rotatable bonds is 4. The lowest BCUT2D eigenvalue weighted by atomic mass is 10.2. The minimum Gasteiger partial charge on any atom is -0.382 e. The van der Waals surface area contributed by atoms with Gasteiger partial charge in [0.15, 0.2) is 0 Å². The molecule has 16 heavy (non-hydrogen) atoms. The summed E-state index contributed by atoms with van der Waals surface area (Å²) in [5, 5.41) is 3.29. The number of anilines is 1. The van der Waals surface area contributed by atoms with Crippen molar-refractivity contribution in [2.24, 2.45) is 0 Å². The molecule has 1 rings (SSSR count). The number of carbonyl (C=O) groups excluding carboxylic acids is 1. The molecular formula is C12H17BrN2O. The van der Waals surface area contributed by atoms with Gasteiger partial charge in [-0.05, 0) is 25.1 Å². The van der Waals surface area contributed by atoms with Crippen molar-refractivity contribution < 1.29 is 4.79 Å². The third kappa shape index (κ3) is 4.23. The molecular weight excluding hydrogens is 268 g/mol. The first kappa shape index (κ1) is 13.0. The van der Waals surface area contributed by atoms with Gasteiger partial charge < -0.3 is 10.2 Å². The molecule has 0 saturated heterocycles. The Morgan fingerprint density at radius 3 is 2.75 bits per heavy atom. The summed E-state index contributed by atoms with van der Waals surface area (Å²) >= 11 is 3.41. The van der Waals surface area contributed by atoms with Crippen LogP contribution in [0.2, 0.25) is 0 Å². The zero-order valence-corrected chi connectivity index (χ0v) is 11.4. The number of amides is 1. The van der Waals surface area contributed by atoms with E-state index < -0.39 is 0 Å². The highest BCUT2D eigenvalue weighted by molar-refractivity contribution is 9.10. The minimum atomic E-state index is 0.129. The summed E-state index contributed by atoms with van der Waals surface area (Å²) in [6.45, 7) is 2.00. The molecule has 0 fully saturated rings. The largest absolute Gasteiger partial charge is 0.382 e. The van der Waals surface area contributed by atoms with E-state index >= 15 is 0 Å². The molecule has 0 aliphatic rings. The van der Waals surface area contributed by atoms with Gasteiger partial charge in [-0.15, -0.1) is 0 Å². The molecule has 0 heterocycles. The van der Waals surface area contributed by atoms with E-state index in [1.54, 1.807) is 19.0 Å². The molecule has 0 aliphatic carbocycles. The van der Waals surface area contributed by atoms with E-state index in [1.807, 2.05) is 31.2 Å². The van der Waals surface area contributed by atoms with Crippen molar-refractivity contribution in [1.29, 1.82) is 0 Å². The fourth-order valence-electron chi connectivity index (χ4n) is 1.36. The number of nitrogens with one attached hydrogen (secondary N) is 1. The van der Waals surface area contributed by atoms with E-state index in [-0.39, 0.29) is 11.9 Å². The van der Waals surface area contributed by atoms with Crippen LogP contribution in [0.25, 0.3) is 0 Å². The summed E-state index contributed by atoms with van der Waals surface area (Å²) in [5.41, 5.74) is 1.02. The van der Waals surface area contributed by atoms with Crippen LogP contribution in [0.15, 0.2) is 28.7 Å². The standard InChI is InChI=1S/C12H17BrN2O/c1-9(7-12(16)15(2)3)14-11-6-4-5-10(13)8-11/h4-6,8-9,14H,7H2,1-3H3. The normalized spacial score (nSPS) is 12.0. The molecule has 4 heteroatoms. The summed E-state index contributed by atoms with van der Waals surface area (Å²) in [7, 11) is 3.54. The first-order valence-corrected chi connectivity index (χ1v) is 6.00. The fourth-order valence-corrected chi connectivity index (χ4v) is 1.76. The van der Waals surface area contributed by atoms with Gasteiger partial charge in [0.2, 0.25) is 5.91 Å². The minimum absolute atomic E-state index is 0.129. The van der Waals surface area contributed by atoms with Crippen molar-refractivity contribution in [3.8, 4) is 0 Å². The molecule has 1 N–H and O–H groups in total. The highest BCUT2D eigenvalue weighted by Gasteiger charge is 2.10. The van der Waals surface area contributed by atoms with Crippen molar-refractivity contribution in [1.82, 2.24) is 4.90 Å². The lowest BCUT2D eigenvalue weighted by Crippen LogP contribution is -2.28. The Bertz CT molecular complexity index is 366. The second-order valence-corrected chi connectivity index (χ2v) is 4.96. The summed E-state index contributed by atoms with van der Waals surface area (Å²) < 4.78 is 1.03. The van der Waals surface area contributed by atoms with Gasteiger partial charge in [-0.2, -0.15) is 0 Å². The summed E-state index contributed by atoms with van der Waals surface area (Å²) in [4.78, 5) is 13.1. The maximum Gasteiger partial charge on any atom is 0.224 e. The lowest BCUT2D eigenvalue weighted by molar-refractivity contribution is -0.128. The SMILES string of the molecule is CC(CC(=O)N(C)C)Nc1cccc(Br)c1. The molecule has 0 aromatic heterocycles. The quantitative estimate of drug-likeness (QED) is 0.922. The van der Waals surface area contributed by atoms with Crippen molar-refractivity contribution in [3.63, 3.8) is 0 Å². The van der Waals surface area contributed by atoms with Gasteiger partial charge in [0.25, 0.3) is 0 Å². The Balaban J connectivity index is 2.51. The van der Waals surface area contributed by atoms with Crippen LogP contribution >= 0.6 is 15.9 Å². The molecule has 3 nitrogen and oxygen atoms in total. The number of hydrogen-bond donors (Lipinski definition) is 1. The topological polar surface area (TPSA) is 32.3 Å². The van der Waals surface area contributed by atoms with Gasteiger partial charge in [-0.1, -0.05) is 22.0 Å². The van der Waals surface area contributed by atoms with Crippen molar-refractivity contribution in [2.45, 2.75) is 19.4 Å². The summed E-state index contributed by atoms with van der Waals surface area (Å²) in [5.74, 6) is 0.134. The maximum atomic E-state index is 11.5. The molecule has 1 aromatic rings. The fraction of sp³-hybridized carbons (Fsp3) is 0.417. The Labute approximate surface area is 105 Å². The van der Waals surface area contributed by atoms with Crippen LogP contribution in [0.4, 0.5) is 5.69 Å². The maximum absolute atomic E-state index is 11.5. The molecule has 0 saturated carbocycles. The Kier molecular flexibility index (Phi) is 4.80. The molecule has 0 bridgehead atoms. The number of nitrogens with zero attached hydrogens (tertiary/aromatic N) is 1. The van der Waals surface area contributed by atoms with E-state index in [0.717, 1.165) is 10.2 Å². The van der Waals surface area contributed by atoms with Crippen LogP contribution in [-0.2, 0) is 4.79 Å². The predicted molar refractivity (Wildman–Crippen MR) is 70.5 cm³/mol. The number of carbonyl (C=O) groups is 1. The number of hydrogen-bond acceptors (Lipinski definition) is 2. The monoisotopic (exact) mass is 284 g/mol. The van der Waals surface area contributed by atoms with E-state index in [1.165, 1.54) is 0 Å². The zero-order valence-electron chi connectivity index (χ0n) is 9.83. The molecule has 0 radical (unpaired) electrons. The zero-order chi connectivity index (χ0) is 12.1. The molecule has 1 unspecified atom stereocenters. The van der Waals surface area contributed by atoms with E-state index in [4.69, 9.17) is 0 Å². The van der Waals surface area contributed by atoms with Crippen LogP contribution in [-0.4, -0.2) is 30.9 Å². The van der Waals surface area contributed by atoms with Crippen LogP contribution in [0.3, 0.4) is 0 Å². The van der Waals surface area contributed by atoms with Crippen molar-refractivity contribution >= 4 is 27.5 Å². The van der Waals surface area contributed by atoms with Crippen LogP contribution in [0.1, 0.15) is 13.3 Å². The van der Waals surface area contributed by atoms with Gasteiger partial charge >= 0.3 is 0 Å². The van der Waals surface area contributed by atoms with E-state index in [9.17, 15) is 4.79 Å². The van der Waals surface area contributed by atoms with Gasteiger partial charge in [0, 0.05) is 36.7 Å².